The number of hydrogen-bond donors (Lipinski definition) is 4. The molecule has 0 aliphatic carbocycles. The van der Waals surface area contributed by atoms with Gasteiger partial charge in [-0.2, -0.15) is 0 Å². The fraction of sp³-hybridized carbons (Fsp3) is 0.241. The van der Waals surface area contributed by atoms with Crippen LogP contribution in [-0.2, 0) is 25.5 Å². The largest absolute Gasteiger partial charge is 0.469 e. The molecule has 0 unspecified atom stereocenters. The molecular weight excluding hydrogens is 516 g/mol. The average Bonchev–Trinajstić information content (AvgIpc) is 2.90. The van der Waals surface area contributed by atoms with E-state index in [4.69, 9.17) is 4.74 Å². The van der Waals surface area contributed by atoms with Gasteiger partial charge < -0.3 is 26.0 Å². The van der Waals surface area contributed by atoms with Crippen molar-refractivity contribution in [1.82, 2.24) is 5.32 Å². The molecule has 3 rings (SSSR count). The number of carbonyl (C=O) groups excluding carboxylic acids is 4. The Balaban J connectivity index is 1.61. The predicted octanol–water partition coefficient (Wildman–Crippen LogP) is 5.28. The number of hydrogen-bond acceptors (Lipinski definition) is 6. The van der Waals surface area contributed by atoms with E-state index in [1.54, 1.807) is 36.4 Å². The minimum Gasteiger partial charge on any atom is -0.469 e. The van der Waals surface area contributed by atoms with Gasteiger partial charge in [0.05, 0.1) is 31.7 Å². The normalized spacial score (nSPS) is 11.2. The van der Waals surface area contributed by atoms with Crippen LogP contribution in [0.4, 0.5) is 21.9 Å². The van der Waals surface area contributed by atoms with Gasteiger partial charge >= 0.3 is 12.0 Å². The summed E-state index contributed by atoms with van der Waals surface area (Å²) in [5.74, 6) is -0.913. The Morgan fingerprint density at radius 1 is 0.897 bits per heavy atom. The van der Waals surface area contributed by atoms with Crippen LogP contribution in [0.3, 0.4) is 0 Å². The zero-order valence-electron chi connectivity index (χ0n) is 22.3. The molecule has 4 N–H and O–H groups in total. The number of para-hydroxylation sites is 1. The van der Waals surface area contributed by atoms with Gasteiger partial charge in [0.25, 0.3) is 0 Å². The fourth-order valence-electron chi connectivity index (χ4n) is 3.87. The standard InChI is InChI=1S/C29H32N4O5S/c1-18-7-5-6-8-23(18)32-29(37)33-24-14-9-20(15-26(24)39-4)16-27(35)31-22-12-10-21(11-13-22)25(30-19(2)34)17-28(36)38-3/h5-15,25H,16-17H2,1-4H3,(H,30,34)(H,31,35)(H2,32,33,37)/t25-/m1/s1. The first-order valence-electron chi connectivity index (χ1n) is 12.2. The van der Waals surface area contributed by atoms with Gasteiger partial charge in [-0.1, -0.05) is 36.4 Å². The van der Waals surface area contributed by atoms with E-state index in [1.807, 2.05) is 43.5 Å². The van der Waals surface area contributed by atoms with Gasteiger partial charge in [0, 0.05) is 23.2 Å². The quantitative estimate of drug-likeness (QED) is 0.202. The van der Waals surface area contributed by atoms with Crippen LogP contribution in [-0.4, -0.2) is 37.2 Å². The topological polar surface area (TPSA) is 126 Å². The van der Waals surface area contributed by atoms with Crippen LogP contribution in [0, 0.1) is 6.92 Å². The van der Waals surface area contributed by atoms with E-state index < -0.39 is 12.0 Å². The lowest BCUT2D eigenvalue weighted by Crippen LogP contribution is -2.28. The van der Waals surface area contributed by atoms with E-state index >= 15 is 0 Å². The fourth-order valence-corrected chi connectivity index (χ4v) is 4.48. The molecular formula is C29H32N4O5S. The number of nitrogens with one attached hydrogen (secondary N) is 4. The molecule has 0 bridgehead atoms. The molecule has 9 nitrogen and oxygen atoms in total. The molecule has 39 heavy (non-hydrogen) atoms. The van der Waals surface area contributed by atoms with Crippen molar-refractivity contribution in [3.63, 3.8) is 0 Å². The number of ether oxygens (including phenoxy) is 1. The maximum atomic E-state index is 12.7. The Hall–Kier alpha value is -4.31. The molecule has 0 aliphatic rings. The number of urea groups is 1. The second-order valence-corrected chi connectivity index (χ2v) is 9.66. The van der Waals surface area contributed by atoms with Gasteiger partial charge in [0.1, 0.15) is 0 Å². The first-order valence-corrected chi connectivity index (χ1v) is 13.4. The number of methoxy groups -OCH3 is 1. The van der Waals surface area contributed by atoms with Crippen molar-refractivity contribution in [2.75, 3.05) is 29.3 Å². The number of aryl methyl sites for hydroxylation is 1. The maximum Gasteiger partial charge on any atom is 0.323 e. The first kappa shape index (κ1) is 29.2. The van der Waals surface area contributed by atoms with E-state index in [-0.39, 0.29) is 30.7 Å². The third-order valence-corrected chi connectivity index (χ3v) is 6.62. The van der Waals surface area contributed by atoms with Crippen LogP contribution in [0.15, 0.2) is 71.6 Å². The molecule has 3 aromatic carbocycles. The van der Waals surface area contributed by atoms with Crippen molar-refractivity contribution in [2.45, 2.75) is 37.6 Å². The highest BCUT2D eigenvalue weighted by atomic mass is 32.2. The molecule has 3 aromatic rings. The molecule has 0 saturated carbocycles. The van der Waals surface area contributed by atoms with Crippen LogP contribution in [0.25, 0.3) is 0 Å². The molecule has 1 atom stereocenters. The number of rotatable bonds is 10. The van der Waals surface area contributed by atoms with Crippen LogP contribution in [0.1, 0.15) is 36.1 Å². The molecule has 10 heteroatoms. The van der Waals surface area contributed by atoms with Crippen molar-refractivity contribution >= 4 is 52.6 Å². The Kier molecular flexibility index (Phi) is 10.5. The second-order valence-electron chi connectivity index (χ2n) is 8.81. The van der Waals surface area contributed by atoms with Gasteiger partial charge in [-0.3, -0.25) is 14.4 Å². The lowest BCUT2D eigenvalue weighted by atomic mass is 10.0. The van der Waals surface area contributed by atoms with E-state index in [0.29, 0.717) is 16.9 Å². The summed E-state index contributed by atoms with van der Waals surface area (Å²) in [5.41, 5.74) is 4.43. The number of benzene rings is 3. The second kappa shape index (κ2) is 14.0. The smallest absolute Gasteiger partial charge is 0.323 e. The highest BCUT2D eigenvalue weighted by molar-refractivity contribution is 7.98. The lowest BCUT2D eigenvalue weighted by molar-refractivity contribution is -0.141. The van der Waals surface area contributed by atoms with Gasteiger partial charge in [-0.05, 0) is 60.2 Å². The van der Waals surface area contributed by atoms with Crippen LogP contribution >= 0.6 is 11.8 Å². The maximum absolute atomic E-state index is 12.7. The average molecular weight is 549 g/mol. The number of esters is 1. The summed E-state index contributed by atoms with van der Waals surface area (Å²) < 4.78 is 4.72. The van der Waals surface area contributed by atoms with Gasteiger partial charge in [0.15, 0.2) is 0 Å². The number of carbonyl (C=O) groups is 4. The number of thioether (sulfide) groups is 1. The molecule has 204 valence electrons. The third kappa shape index (κ3) is 8.89. The summed E-state index contributed by atoms with van der Waals surface area (Å²) in [5, 5.41) is 11.3. The summed E-state index contributed by atoms with van der Waals surface area (Å²) >= 11 is 1.47. The van der Waals surface area contributed by atoms with E-state index in [9.17, 15) is 19.2 Å². The molecule has 4 amide bonds. The zero-order valence-corrected chi connectivity index (χ0v) is 23.1. The van der Waals surface area contributed by atoms with Crippen molar-refractivity contribution in [3.8, 4) is 0 Å². The minimum absolute atomic E-state index is 0.00202. The summed E-state index contributed by atoms with van der Waals surface area (Å²) in [7, 11) is 1.29. The Morgan fingerprint density at radius 2 is 1.59 bits per heavy atom. The van der Waals surface area contributed by atoms with Crippen LogP contribution < -0.4 is 21.3 Å². The number of anilines is 3. The molecule has 0 spiro atoms. The Bertz CT molecular complexity index is 1340. The molecule has 0 fully saturated rings. The van der Waals surface area contributed by atoms with E-state index in [1.165, 1.54) is 25.8 Å². The zero-order chi connectivity index (χ0) is 28.4. The monoisotopic (exact) mass is 548 g/mol. The van der Waals surface area contributed by atoms with E-state index in [0.717, 1.165) is 21.7 Å². The summed E-state index contributed by atoms with van der Waals surface area (Å²) in [6, 6.07) is 19.0. The first-order chi connectivity index (χ1) is 18.7. The van der Waals surface area contributed by atoms with Gasteiger partial charge in [0.2, 0.25) is 11.8 Å². The lowest BCUT2D eigenvalue weighted by Gasteiger charge is -2.17. The predicted molar refractivity (Wildman–Crippen MR) is 154 cm³/mol. The van der Waals surface area contributed by atoms with Crippen LogP contribution in [0.5, 0.6) is 0 Å². The summed E-state index contributed by atoms with van der Waals surface area (Å²) in [4.78, 5) is 49.3. The Labute approximate surface area is 232 Å². The molecule has 0 aliphatic heterocycles. The highest BCUT2D eigenvalue weighted by Crippen LogP contribution is 2.27. The highest BCUT2D eigenvalue weighted by Gasteiger charge is 2.18. The SMILES string of the molecule is COC(=O)C[C@@H](NC(C)=O)c1ccc(NC(=O)Cc2ccc(NC(=O)Nc3ccccc3C)c(SC)c2)cc1. The molecule has 0 heterocycles. The van der Waals surface area contributed by atoms with Crippen molar-refractivity contribution in [2.24, 2.45) is 0 Å². The molecule has 0 saturated heterocycles. The summed E-state index contributed by atoms with van der Waals surface area (Å²) in [6.07, 6.45) is 2.04. The molecule has 0 radical (unpaired) electrons. The van der Waals surface area contributed by atoms with E-state index in [2.05, 4.69) is 21.3 Å². The minimum atomic E-state index is -0.532. The molecule has 0 aromatic heterocycles. The third-order valence-electron chi connectivity index (χ3n) is 5.84. The van der Waals surface area contributed by atoms with Crippen molar-refractivity contribution in [1.29, 1.82) is 0 Å². The van der Waals surface area contributed by atoms with Crippen molar-refractivity contribution < 1.29 is 23.9 Å². The Morgan fingerprint density at radius 3 is 2.23 bits per heavy atom. The van der Waals surface area contributed by atoms with Crippen LogP contribution in [0.2, 0.25) is 0 Å². The summed E-state index contributed by atoms with van der Waals surface area (Å²) in [6.45, 7) is 3.30. The number of amides is 4. The van der Waals surface area contributed by atoms with Gasteiger partial charge in [-0.15, -0.1) is 11.8 Å². The van der Waals surface area contributed by atoms with Gasteiger partial charge in [-0.25, -0.2) is 4.79 Å². The van der Waals surface area contributed by atoms with Crippen molar-refractivity contribution in [3.05, 3.63) is 83.4 Å².